The van der Waals surface area contributed by atoms with E-state index in [1.807, 2.05) is 0 Å². The fourth-order valence-corrected chi connectivity index (χ4v) is 4.45. The van der Waals surface area contributed by atoms with Crippen LogP contribution in [0.3, 0.4) is 0 Å². The number of hydrogen-bond acceptors (Lipinski definition) is 2. The van der Waals surface area contributed by atoms with E-state index < -0.39 is 24.8 Å². The summed E-state index contributed by atoms with van der Waals surface area (Å²) in [5.74, 6) is -0.224. The summed E-state index contributed by atoms with van der Waals surface area (Å²) < 4.78 is 72.5. The third-order valence-electron chi connectivity index (χ3n) is 5.40. The Labute approximate surface area is 133 Å². The summed E-state index contributed by atoms with van der Waals surface area (Å²) in [7, 11) is 1.37. The number of benzene rings is 1. The van der Waals surface area contributed by atoms with E-state index in [2.05, 4.69) is 0 Å². The van der Waals surface area contributed by atoms with Gasteiger partial charge in [-0.25, -0.2) is 0 Å². The molecule has 20 heavy (non-hydrogen) atoms. The Balaban J connectivity index is 2.08. The molecule has 4 rings (SSSR count). The van der Waals surface area contributed by atoms with Crippen LogP contribution in [-0.2, 0) is 11.8 Å². The molecule has 2 bridgehead atoms. The molecule has 2 fully saturated rings. The number of methoxy groups -OCH3 is 1. The van der Waals surface area contributed by atoms with Gasteiger partial charge in [0.15, 0.2) is 0 Å². The van der Waals surface area contributed by atoms with Crippen molar-refractivity contribution in [3.63, 3.8) is 0 Å². The SMILES string of the molecule is [2H]c1c([2H])c2c(c([2H])c1OC)[C@]13CCCCC1[C@@H](N(C([2H])([2H])[2H])CC3)C2([2H])[2H]. The highest BCUT2D eigenvalue weighted by atomic mass is 16.5. The second kappa shape index (κ2) is 4.49. The van der Waals surface area contributed by atoms with E-state index in [-0.39, 0.29) is 41.9 Å². The zero-order valence-electron chi connectivity index (χ0n) is 19.8. The molecule has 2 aliphatic carbocycles. The van der Waals surface area contributed by atoms with Gasteiger partial charge in [-0.15, -0.1) is 0 Å². The molecule has 0 aromatic heterocycles. The van der Waals surface area contributed by atoms with Gasteiger partial charge in [0.25, 0.3) is 0 Å². The van der Waals surface area contributed by atoms with Crippen molar-refractivity contribution >= 4 is 0 Å². The van der Waals surface area contributed by atoms with Crippen LogP contribution in [0.25, 0.3) is 0 Å². The predicted octanol–water partition coefficient (Wildman–Crippen LogP) is 3.38. The van der Waals surface area contributed by atoms with Crippen molar-refractivity contribution in [1.82, 2.24) is 4.90 Å². The number of rotatable bonds is 1. The molecule has 0 N–H and O–H groups in total. The van der Waals surface area contributed by atoms with Crippen LogP contribution in [0, 0.1) is 5.92 Å². The third kappa shape index (κ3) is 1.60. The average Bonchev–Trinajstić information content (AvgIpc) is 2.61. The fraction of sp³-hybridized carbons (Fsp3) is 0.667. The lowest BCUT2D eigenvalue weighted by Gasteiger charge is -2.58. The van der Waals surface area contributed by atoms with Gasteiger partial charge in [-0.1, -0.05) is 18.9 Å². The maximum atomic E-state index is 8.93. The van der Waals surface area contributed by atoms with Gasteiger partial charge in [0.2, 0.25) is 0 Å². The summed E-state index contributed by atoms with van der Waals surface area (Å²) in [6, 6.07) is -1.49. The number of piperidine rings is 1. The molecule has 108 valence electrons. The van der Waals surface area contributed by atoms with Gasteiger partial charge in [0.05, 0.1) is 11.2 Å². The summed E-state index contributed by atoms with van der Waals surface area (Å²) in [5.41, 5.74) is -0.0127. The maximum absolute atomic E-state index is 8.93. The van der Waals surface area contributed by atoms with Crippen molar-refractivity contribution in [3.8, 4) is 5.75 Å². The van der Waals surface area contributed by atoms with Crippen LogP contribution in [0.2, 0.25) is 0 Å². The zero-order chi connectivity index (χ0) is 20.6. The fourth-order valence-electron chi connectivity index (χ4n) is 4.45. The Morgan fingerprint density at radius 2 is 2.40 bits per heavy atom. The van der Waals surface area contributed by atoms with E-state index in [0.717, 1.165) is 19.3 Å². The van der Waals surface area contributed by atoms with Crippen LogP contribution >= 0.6 is 0 Å². The largest absolute Gasteiger partial charge is 0.497 e. The van der Waals surface area contributed by atoms with E-state index in [4.69, 9.17) is 15.7 Å². The van der Waals surface area contributed by atoms with Gasteiger partial charge in [0.1, 0.15) is 5.75 Å². The lowest BCUT2D eigenvalue weighted by atomic mass is 9.52. The van der Waals surface area contributed by atoms with Crippen molar-refractivity contribution in [2.45, 2.75) is 49.9 Å². The summed E-state index contributed by atoms with van der Waals surface area (Å²) in [6.45, 7) is -2.20. The number of nitrogens with zero attached hydrogens (tertiary/aromatic N) is 1. The van der Waals surface area contributed by atoms with Crippen LogP contribution in [0.4, 0.5) is 0 Å². The van der Waals surface area contributed by atoms with E-state index in [1.54, 1.807) is 0 Å². The monoisotopic (exact) mass is 279 g/mol. The highest BCUT2D eigenvalue weighted by Gasteiger charge is 2.53. The Kier molecular flexibility index (Phi) is 1.53. The molecule has 1 unspecified atom stereocenters. The van der Waals surface area contributed by atoms with Gasteiger partial charge in [-0.3, -0.25) is 0 Å². The molecule has 1 aromatic rings. The number of ether oxygens (including phenoxy) is 1. The van der Waals surface area contributed by atoms with E-state index in [0.29, 0.717) is 18.4 Å². The number of fused-ring (bicyclic) bond motifs is 1. The van der Waals surface area contributed by atoms with Crippen LogP contribution in [0.5, 0.6) is 5.75 Å². The first-order valence-corrected chi connectivity index (χ1v) is 7.44. The molecule has 2 heteroatoms. The standard InChI is InChI=1S/C18H25NO/c1-19-10-9-18-8-4-3-5-15(18)17(19)11-13-6-7-14(20-2)12-16(13)18/h6-7,12,15,17H,3-5,8-11H2,1-2H3/t15?,17-,18-/m0/s1/i1D3,6D,7D,11D2,12D. The van der Waals surface area contributed by atoms with Crippen molar-refractivity contribution in [2.24, 2.45) is 5.92 Å². The molecule has 3 aliphatic rings. The lowest BCUT2D eigenvalue weighted by Crippen LogP contribution is -2.59. The molecular formula is C18H25NO. The highest BCUT2D eigenvalue weighted by molar-refractivity contribution is 5.45. The topological polar surface area (TPSA) is 12.5 Å². The minimum absolute atomic E-state index is 0.00458. The van der Waals surface area contributed by atoms with Crippen molar-refractivity contribution in [3.05, 3.63) is 29.3 Å². The predicted molar refractivity (Wildman–Crippen MR) is 81.4 cm³/mol. The molecule has 0 radical (unpaired) electrons. The molecular weight excluding hydrogens is 246 g/mol. The lowest BCUT2D eigenvalue weighted by molar-refractivity contribution is 0.00274. The highest BCUT2D eigenvalue weighted by Crippen LogP contribution is 2.55. The number of likely N-dealkylation sites (tertiary alicyclic amines) is 1. The average molecular weight is 279 g/mol. The first-order chi connectivity index (χ1) is 13.0. The van der Waals surface area contributed by atoms with Gasteiger partial charge in [-0.2, -0.15) is 0 Å². The Morgan fingerprint density at radius 3 is 3.25 bits per heavy atom. The molecule has 1 saturated heterocycles. The van der Waals surface area contributed by atoms with E-state index >= 15 is 0 Å². The van der Waals surface area contributed by atoms with Crippen LogP contribution in [0.1, 0.15) is 54.2 Å². The maximum Gasteiger partial charge on any atom is 0.119 e. The molecule has 3 atom stereocenters. The minimum Gasteiger partial charge on any atom is -0.497 e. The Morgan fingerprint density at radius 1 is 1.45 bits per heavy atom. The zero-order valence-corrected chi connectivity index (χ0v) is 11.8. The summed E-state index contributed by atoms with van der Waals surface area (Å²) >= 11 is 0. The normalized spacial score (nSPS) is 45.0. The van der Waals surface area contributed by atoms with Crippen molar-refractivity contribution in [1.29, 1.82) is 0 Å². The van der Waals surface area contributed by atoms with Gasteiger partial charge >= 0.3 is 0 Å². The van der Waals surface area contributed by atoms with E-state index in [1.165, 1.54) is 12.0 Å². The summed E-state index contributed by atoms with van der Waals surface area (Å²) in [4.78, 5) is 1.29. The first-order valence-electron chi connectivity index (χ1n) is 11.4. The van der Waals surface area contributed by atoms with E-state index in [9.17, 15) is 0 Å². The van der Waals surface area contributed by atoms with Gasteiger partial charge < -0.3 is 9.64 Å². The summed E-state index contributed by atoms with van der Waals surface area (Å²) in [6.07, 6.45) is 1.66. The summed E-state index contributed by atoms with van der Waals surface area (Å²) in [5, 5.41) is 0. The second-order valence-corrected chi connectivity index (χ2v) is 6.20. The Hall–Kier alpha value is -1.02. The van der Waals surface area contributed by atoms with Crippen LogP contribution in [-0.4, -0.2) is 31.6 Å². The van der Waals surface area contributed by atoms with Crippen LogP contribution in [0.15, 0.2) is 18.1 Å². The van der Waals surface area contributed by atoms with Crippen molar-refractivity contribution in [2.75, 3.05) is 20.6 Å². The molecule has 1 aromatic carbocycles. The third-order valence-corrected chi connectivity index (χ3v) is 5.40. The number of likely N-dealkylation sites (N-methyl/N-ethyl adjacent to an activating group) is 1. The molecule has 2 nitrogen and oxygen atoms in total. The molecule has 1 heterocycles. The van der Waals surface area contributed by atoms with Gasteiger partial charge in [0, 0.05) is 18.3 Å². The molecule has 1 saturated carbocycles. The quantitative estimate of drug-likeness (QED) is 0.781. The minimum atomic E-state index is -2.43. The first kappa shape index (κ1) is 6.83. The number of hydrogen-bond donors (Lipinski definition) is 0. The molecule has 0 amide bonds. The Bertz CT molecular complexity index is 823. The molecule has 1 aliphatic heterocycles. The van der Waals surface area contributed by atoms with Gasteiger partial charge in [-0.05, 0) is 68.3 Å². The van der Waals surface area contributed by atoms with Crippen molar-refractivity contribution < 1.29 is 15.7 Å². The van der Waals surface area contributed by atoms with Crippen LogP contribution < -0.4 is 4.74 Å². The molecule has 0 spiro atoms. The smallest absolute Gasteiger partial charge is 0.119 e. The second-order valence-electron chi connectivity index (χ2n) is 6.20.